The Morgan fingerprint density at radius 2 is 2.04 bits per heavy atom. The van der Waals surface area contributed by atoms with Crippen LogP contribution in [0, 0.1) is 0 Å². The molecule has 1 amide bonds. The Labute approximate surface area is 145 Å². The summed E-state index contributed by atoms with van der Waals surface area (Å²) in [4.78, 5) is 12.1. The quantitative estimate of drug-likeness (QED) is 0.819. The van der Waals surface area contributed by atoms with Crippen LogP contribution >= 0.6 is 23.2 Å². The highest BCUT2D eigenvalue weighted by molar-refractivity contribution is 7.92. The molecule has 2 rings (SSSR count). The second kappa shape index (κ2) is 7.70. The maximum Gasteiger partial charge on any atom is 0.240 e. The predicted octanol–water partition coefficient (Wildman–Crippen LogP) is 2.05. The SMILES string of the molecule is CS(=O)(=O)N(CC(=O)NCC1CCCO1)c1c(Cl)cccc1Cl. The second-order valence-electron chi connectivity index (χ2n) is 5.28. The highest BCUT2D eigenvalue weighted by atomic mass is 35.5. The molecule has 1 aliphatic rings. The van der Waals surface area contributed by atoms with Crippen LogP contribution in [0.5, 0.6) is 0 Å². The van der Waals surface area contributed by atoms with Crippen LogP contribution in [0.25, 0.3) is 0 Å². The summed E-state index contributed by atoms with van der Waals surface area (Å²) in [6, 6.07) is 4.64. The van der Waals surface area contributed by atoms with Gasteiger partial charge >= 0.3 is 0 Å². The molecule has 128 valence electrons. The van der Waals surface area contributed by atoms with Crippen molar-refractivity contribution in [2.75, 3.05) is 30.3 Å². The lowest BCUT2D eigenvalue weighted by molar-refractivity contribution is -0.120. The molecule has 1 heterocycles. The van der Waals surface area contributed by atoms with Gasteiger partial charge in [-0.3, -0.25) is 9.10 Å². The summed E-state index contributed by atoms with van der Waals surface area (Å²) >= 11 is 12.1. The third kappa shape index (κ3) is 4.97. The van der Waals surface area contributed by atoms with Crippen LogP contribution in [0.15, 0.2) is 18.2 Å². The lowest BCUT2D eigenvalue weighted by Gasteiger charge is -2.24. The van der Waals surface area contributed by atoms with Crippen LogP contribution in [-0.2, 0) is 19.6 Å². The molecule has 0 bridgehead atoms. The van der Waals surface area contributed by atoms with E-state index in [-0.39, 0.29) is 21.8 Å². The van der Waals surface area contributed by atoms with E-state index in [4.69, 9.17) is 27.9 Å². The summed E-state index contributed by atoms with van der Waals surface area (Å²) in [7, 11) is -3.72. The zero-order chi connectivity index (χ0) is 17.0. The van der Waals surface area contributed by atoms with Gasteiger partial charge in [-0.1, -0.05) is 29.3 Å². The summed E-state index contributed by atoms with van der Waals surface area (Å²) in [6.45, 7) is 0.646. The van der Waals surface area contributed by atoms with E-state index in [0.717, 1.165) is 23.4 Å². The van der Waals surface area contributed by atoms with E-state index in [1.54, 1.807) is 6.07 Å². The number of rotatable bonds is 6. The highest BCUT2D eigenvalue weighted by Crippen LogP contribution is 2.34. The van der Waals surface area contributed by atoms with Gasteiger partial charge in [-0.25, -0.2) is 8.42 Å². The molecule has 1 unspecified atom stereocenters. The van der Waals surface area contributed by atoms with E-state index in [0.29, 0.717) is 13.2 Å². The fourth-order valence-corrected chi connectivity index (χ4v) is 3.89. The van der Waals surface area contributed by atoms with Crippen molar-refractivity contribution in [2.24, 2.45) is 0 Å². The number of hydrogen-bond acceptors (Lipinski definition) is 4. The number of nitrogens with zero attached hydrogens (tertiary/aromatic N) is 1. The minimum Gasteiger partial charge on any atom is -0.376 e. The zero-order valence-corrected chi connectivity index (χ0v) is 14.9. The first kappa shape index (κ1) is 18.3. The first-order chi connectivity index (χ1) is 10.8. The van der Waals surface area contributed by atoms with Crippen molar-refractivity contribution in [3.8, 4) is 0 Å². The van der Waals surface area contributed by atoms with E-state index in [2.05, 4.69) is 5.32 Å². The molecule has 0 aliphatic carbocycles. The number of para-hydroxylation sites is 1. The number of benzene rings is 1. The summed E-state index contributed by atoms with van der Waals surface area (Å²) in [5.41, 5.74) is 0.102. The van der Waals surface area contributed by atoms with Crippen molar-refractivity contribution < 1.29 is 17.9 Å². The number of hydrogen-bond donors (Lipinski definition) is 1. The van der Waals surface area contributed by atoms with Gasteiger partial charge in [0.25, 0.3) is 0 Å². The number of halogens is 2. The van der Waals surface area contributed by atoms with Crippen molar-refractivity contribution >= 4 is 44.8 Å². The summed E-state index contributed by atoms with van der Waals surface area (Å²) in [5, 5.41) is 3.00. The third-order valence-electron chi connectivity index (χ3n) is 3.43. The molecule has 9 heteroatoms. The van der Waals surface area contributed by atoms with Gasteiger partial charge in [0.15, 0.2) is 0 Å². The lowest BCUT2D eigenvalue weighted by atomic mass is 10.2. The van der Waals surface area contributed by atoms with Gasteiger partial charge in [0.05, 0.1) is 28.1 Å². The van der Waals surface area contributed by atoms with E-state index >= 15 is 0 Å². The lowest BCUT2D eigenvalue weighted by Crippen LogP contribution is -2.42. The average Bonchev–Trinajstić information content (AvgIpc) is 2.96. The van der Waals surface area contributed by atoms with Crippen LogP contribution < -0.4 is 9.62 Å². The van der Waals surface area contributed by atoms with Crippen LogP contribution in [0.2, 0.25) is 10.0 Å². The van der Waals surface area contributed by atoms with Crippen LogP contribution in [-0.4, -0.2) is 46.4 Å². The third-order valence-corrected chi connectivity index (χ3v) is 5.15. The van der Waals surface area contributed by atoms with E-state index in [1.165, 1.54) is 12.1 Å². The Balaban J connectivity index is 2.12. The van der Waals surface area contributed by atoms with Gasteiger partial charge < -0.3 is 10.1 Å². The second-order valence-corrected chi connectivity index (χ2v) is 8.00. The van der Waals surface area contributed by atoms with Gasteiger partial charge in [0.2, 0.25) is 15.9 Å². The Morgan fingerprint density at radius 1 is 1.39 bits per heavy atom. The smallest absolute Gasteiger partial charge is 0.240 e. The first-order valence-corrected chi connectivity index (χ1v) is 9.69. The summed E-state index contributed by atoms with van der Waals surface area (Å²) < 4.78 is 30.4. The van der Waals surface area contributed by atoms with Gasteiger partial charge in [-0.15, -0.1) is 0 Å². The van der Waals surface area contributed by atoms with E-state index in [9.17, 15) is 13.2 Å². The maximum atomic E-state index is 12.1. The summed E-state index contributed by atoms with van der Waals surface area (Å²) in [6.07, 6.45) is 2.83. The number of amides is 1. The van der Waals surface area contributed by atoms with Gasteiger partial charge in [-0.2, -0.15) is 0 Å². The molecule has 0 aromatic heterocycles. The number of carbonyl (C=O) groups is 1. The topological polar surface area (TPSA) is 75.7 Å². The van der Waals surface area contributed by atoms with Gasteiger partial charge in [-0.05, 0) is 25.0 Å². The zero-order valence-electron chi connectivity index (χ0n) is 12.6. The van der Waals surface area contributed by atoms with Crippen molar-refractivity contribution in [3.63, 3.8) is 0 Å². The van der Waals surface area contributed by atoms with Crippen molar-refractivity contribution in [2.45, 2.75) is 18.9 Å². The molecular formula is C14H18Cl2N2O4S. The first-order valence-electron chi connectivity index (χ1n) is 7.09. The average molecular weight is 381 g/mol. The fourth-order valence-electron chi connectivity index (χ4n) is 2.31. The number of carbonyl (C=O) groups excluding carboxylic acids is 1. The fraction of sp³-hybridized carbons (Fsp3) is 0.500. The maximum absolute atomic E-state index is 12.1. The number of anilines is 1. The molecule has 1 aliphatic heterocycles. The molecule has 0 saturated carbocycles. The molecule has 1 saturated heterocycles. The number of sulfonamides is 1. The standard InChI is InChI=1S/C14H18Cl2N2O4S/c1-23(20,21)18(14-11(15)5-2-6-12(14)16)9-13(19)17-8-10-4-3-7-22-10/h2,5-6,10H,3-4,7-9H2,1H3,(H,17,19). The number of nitrogens with one attached hydrogen (secondary N) is 1. The molecule has 6 nitrogen and oxygen atoms in total. The molecule has 0 radical (unpaired) electrons. The van der Waals surface area contributed by atoms with Crippen molar-refractivity contribution in [1.82, 2.24) is 5.32 Å². The molecule has 1 fully saturated rings. The Bertz CT molecular complexity index is 655. The van der Waals surface area contributed by atoms with E-state index < -0.39 is 22.5 Å². The molecule has 23 heavy (non-hydrogen) atoms. The molecule has 0 spiro atoms. The Hall–Kier alpha value is -1.02. The van der Waals surface area contributed by atoms with Gasteiger partial charge in [0.1, 0.15) is 6.54 Å². The van der Waals surface area contributed by atoms with Crippen LogP contribution in [0.4, 0.5) is 5.69 Å². The van der Waals surface area contributed by atoms with E-state index in [1.807, 2.05) is 0 Å². The molecular weight excluding hydrogens is 363 g/mol. The Morgan fingerprint density at radius 3 is 2.57 bits per heavy atom. The Kier molecular flexibility index (Phi) is 6.13. The van der Waals surface area contributed by atoms with Crippen molar-refractivity contribution in [1.29, 1.82) is 0 Å². The highest BCUT2D eigenvalue weighted by Gasteiger charge is 2.25. The minimum atomic E-state index is -3.72. The summed E-state index contributed by atoms with van der Waals surface area (Å²) in [5.74, 6) is -0.443. The predicted molar refractivity (Wildman–Crippen MR) is 90.6 cm³/mol. The van der Waals surface area contributed by atoms with Gasteiger partial charge in [0, 0.05) is 13.2 Å². The molecule has 1 N–H and O–H groups in total. The monoisotopic (exact) mass is 380 g/mol. The number of ether oxygens (including phenoxy) is 1. The van der Waals surface area contributed by atoms with Crippen molar-refractivity contribution in [3.05, 3.63) is 28.2 Å². The molecule has 1 aromatic rings. The van der Waals surface area contributed by atoms with Crippen LogP contribution in [0.1, 0.15) is 12.8 Å². The molecule has 1 atom stereocenters. The normalized spacial score (nSPS) is 18.0. The largest absolute Gasteiger partial charge is 0.376 e. The molecule has 1 aromatic carbocycles. The minimum absolute atomic E-state index is 0.0189. The van der Waals surface area contributed by atoms with Crippen LogP contribution in [0.3, 0.4) is 0 Å².